The van der Waals surface area contributed by atoms with E-state index in [1.807, 2.05) is 12.1 Å². The Morgan fingerprint density at radius 3 is 2.65 bits per heavy atom. The average Bonchev–Trinajstić information content (AvgIpc) is 2.49. The van der Waals surface area contributed by atoms with Crippen molar-refractivity contribution in [1.82, 2.24) is 4.98 Å². The van der Waals surface area contributed by atoms with Crippen molar-refractivity contribution in [2.45, 2.75) is 6.42 Å². The fourth-order valence-corrected chi connectivity index (χ4v) is 1.68. The molecule has 5 heteroatoms. The molecular formula is C15H15NO4. The van der Waals surface area contributed by atoms with Crippen LogP contribution in [0.2, 0.25) is 0 Å². The fourth-order valence-electron chi connectivity index (χ4n) is 1.68. The molecule has 1 aromatic heterocycles. The van der Waals surface area contributed by atoms with Gasteiger partial charge in [-0.1, -0.05) is 12.1 Å². The number of ether oxygens (including phenoxy) is 2. The zero-order valence-electron chi connectivity index (χ0n) is 11.1. The topological polar surface area (TPSA) is 68.7 Å². The monoisotopic (exact) mass is 273 g/mol. The minimum atomic E-state index is -0.435. The quantitative estimate of drug-likeness (QED) is 0.846. The van der Waals surface area contributed by atoms with Gasteiger partial charge in [-0.25, -0.2) is 9.78 Å². The number of aromatic nitrogens is 1. The van der Waals surface area contributed by atoms with Crippen molar-refractivity contribution in [3.05, 3.63) is 53.7 Å². The van der Waals surface area contributed by atoms with Gasteiger partial charge < -0.3 is 14.6 Å². The van der Waals surface area contributed by atoms with E-state index in [2.05, 4.69) is 9.72 Å². The Labute approximate surface area is 116 Å². The van der Waals surface area contributed by atoms with Crippen LogP contribution in [0.5, 0.6) is 11.6 Å². The molecule has 5 nitrogen and oxygen atoms in total. The third-order valence-corrected chi connectivity index (χ3v) is 2.70. The van der Waals surface area contributed by atoms with Crippen molar-refractivity contribution in [2.24, 2.45) is 0 Å². The largest absolute Gasteiger partial charge is 0.465 e. The van der Waals surface area contributed by atoms with Crippen LogP contribution < -0.4 is 4.74 Å². The number of benzene rings is 1. The second-order valence-electron chi connectivity index (χ2n) is 4.09. The first kappa shape index (κ1) is 14.0. The second kappa shape index (κ2) is 6.68. The van der Waals surface area contributed by atoms with E-state index in [1.165, 1.54) is 19.4 Å². The zero-order valence-corrected chi connectivity index (χ0v) is 11.1. The average molecular weight is 273 g/mol. The Morgan fingerprint density at radius 2 is 2.00 bits per heavy atom. The summed E-state index contributed by atoms with van der Waals surface area (Å²) in [5.74, 6) is 0.500. The molecule has 2 rings (SSSR count). The third-order valence-electron chi connectivity index (χ3n) is 2.70. The zero-order chi connectivity index (χ0) is 14.4. The standard InChI is InChI=1S/C15H15NO4/c1-19-15(18)12-6-8-16-14(10-12)20-13-4-2-11(3-5-13)7-9-17/h2-6,8,10,17H,7,9H2,1H3. The van der Waals surface area contributed by atoms with Gasteiger partial charge in [0.25, 0.3) is 0 Å². The molecule has 0 fully saturated rings. The highest BCUT2D eigenvalue weighted by Crippen LogP contribution is 2.20. The van der Waals surface area contributed by atoms with Gasteiger partial charge in [-0.05, 0) is 30.2 Å². The highest BCUT2D eigenvalue weighted by Gasteiger charge is 2.07. The summed E-state index contributed by atoms with van der Waals surface area (Å²) in [6.07, 6.45) is 2.10. The van der Waals surface area contributed by atoms with E-state index in [9.17, 15) is 4.79 Å². The summed E-state index contributed by atoms with van der Waals surface area (Å²) >= 11 is 0. The molecule has 0 radical (unpaired) electrons. The van der Waals surface area contributed by atoms with Crippen LogP contribution in [0, 0.1) is 0 Å². The van der Waals surface area contributed by atoms with Gasteiger partial charge >= 0.3 is 5.97 Å². The van der Waals surface area contributed by atoms with Crippen LogP contribution in [0.25, 0.3) is 0 Å². The lowest BCUT2D eigenvalue weighted by atomic mass is 10.1. The van der Waals surface area contributed by atoms with Crippen molar-refractivity contribution in [3.63, 3.8) is 0 Å². The number of carbonyl (C=O) groups is 1. The lowest BCUT2D eigenvalue weighted by molar-refractivity contribution is 0.0600. The number of nitrogens with zero attached hydrogens (tertiary/aromatic N) is 1. The number of aliphatic hydroxyl groups is 1. The summed E-state index contributed by atoms with van der Waals surface area (Å²) in [5.41, 5.74) is 1.41. The molecule has 104 valence electrons. The molecule has 1 aromatic carbocycles. The molecule has 20 heavy (non-hydrogen) atoms. The summed E-state index contributed by atoms with van der Waals surface area (Å²) in [7, 11) is 1.32. The summed E-state index contributed by atoms with van der Waals surface area (Å²) in [5, 5.41) is 8.85. The number of pyridine rings is 1. The lowest BCUT2D eigenvalue weighted by Crippen LogP contribution is -2.01. The first-order valence-electron chi connectivity index (χ1n) is 6.15. The van der Waals surface area contributed by atoms with E-state index in [0.29, 0.717) is 23.6 Å². The molecule has 0 atom stereocenters. The van der Waals surface area contributed by atoms with Gasteiger partial charge in [-0.2, -0.15) is 0 Å². The summed E-state index contributed by atoms with van der Waals surface area (Å²) < 4.78 is 10.2. The van der Waals surface area contributed by atoms with E-state index < -0.39 is 5.97 Å². The SMILES string of the molecule is COC(=O)c1ccnc(Oc2ccc(CCO)cc2)c1. The van der Waals surface area contributed by atoms with E-state index in [1.54, 1.807) is 18.2 Å². The lowest BCUT2D eigenvalue weighted by Gasteiger charge is -2.06. The number of carbonyl (C=O) groups excluding carboxylic acids is 1. The minimum absolute atomic E-state index is 0.114. The van der Waals surface area contributed by atoms with Gasteiger partial charge in [0.05, 0.1) is 12.7 Å². The van der Waals surface area contributed by atoms with E-state index in [-0.39, 0.29) is 6.61 Å². The molecule has 0 amide bonds. The number of hydrogen-bond acceptors (Lipinski definition) is 5. The molecule has 0 bridgehead atoms. The van der Waals surface area contributed by atoms with E-state index in [4.69, 9.17) is 9.84 Å². The van der Waals surface area contributed by atoms with Gasteiger partial charge in [0.2, 0.25) is 5.88 Å². The highest BCUT2D eigenvalue weighted by molar-refractivity contribution is 5.89. The van der Waals surface area contributed by atoms with Crippen LogP contribution in [0.4, 0.5) is 0 Å². The molecule has 0 saturated heterocycles. The molecule has 1 N–H and O–H groups in total. The van der Waals surface area contributed by atoms with Crippen molar-refractivity contribution >= 4 is 5.97 Å². The van der Waals surface area contributed by atoms with Crippen LogP contribution in [-0.2, 0) is 11.2 Å². The predicted octanol–water partition coefficient (Wildman–Crippen LogP) is 2.20. The Hall–Kier alpha value is -2.40. The minimum Gasteiger partial charge on any atom is -0.465 e. The molecule has 0 spiro atoms. The molecule has 0 aliphatic heterocycles. The van der Waals surface area contributed by atoms with Gasteiger partial charge in [-0.15, -0.1) is 0 Å². The molecule has 1 heterocycles. The Bertz CT molecular complexity index is 581. The summed E-state index contributed by atoms with van der Waals surface area (Å²) in [4.78, 5) is 15.4. The number of rotatable bonds is 5. The second-order valence-corrected chi connectivity index (χ2v) is 4.09. The van der Waals surface area contributed by atoms with Gasteiger partial charge in [-0.3, -0.25) is 0 Å². The molecule has 0 aliphatic rings. The van der Waals surface area contributed by atoms with Crippen LogP contribution >= 0.6 is 0 Å². The van der Waals surface area contributed by atoms with Crippen LogP contribution in [0.1, 0.15) is 15.9 Å². The third kappa shape index (κ3) is 3.55. The van der Waals surface area contributed by atoms with Crippen molar-refractivity contribution < 1.29 is 19.4 Å². The van der Waals surface area contributed by atoms with Gasteiger partial charge in [0.1, 0.15) is 5.75 Å². The van der Waals surface area contributed by atoms with Crippen molar-refractivity contribution in [1.29, 1.82) is 0 Å². The van der Waals surface area contributed by atoms with Crippen LogP contribution in [0.3, 0.4) is 0 Å². The Morgan fingerprint density at radius 1 is 1.25 bits per heavy atom. The van der Waals surface area contributed by atoms with Crippen LogP contribution in [0.15, 0.2) is 42.6 Å². The smallest absolute Gasteiger partial charge is 0.338 e. The summed E-state index contributed by atoms with van der Waals surface area (Å²) in [6.45, 7) is 0.114. The van der Waals surface area contributed by atoms with E-state index in [0.717, 1.165) is 5.56 Å². The number of methoxy groups -OCH3 is 1. The maximum absolute atomic E-state index is 11.4. The van der Waals surface area contributed by atoms with Crippen molar-refractivity contribution in [3.8, 4) is 11.6 Å². The predicted molar refractivity (Wildman–Crippen MR) is 72.9 cm³/mol. The van der Waals surface area contributed by atoms with Crippen molar-refractivity contribution in [2.75, 3.05) is 13.7 Å². The number of hydrogen-bond donors (Lipinski definition) is 1. The van der Waals surface area contributed by atoms with E-state index >= 15 is 0 Å². The number of esters is 1. The number of aliphatic hydroxyl groups excluding tert-OH is 1. The fraction of sp³-hybridized carbons (Fsp3) is 0.200. The van der Waals surface area contributed by atoms with Crippen LogP contribution in [-0.4, -0.2) is 29.8 Å². The first-order valence-corrected chi connectivity index (χ1v) is 6.15. The molecule has 0 aliphatic carbocycles. The first-order chi connectivity index (χ1) is 9.72. The maximum Gasteiger partial charge on any atom is 0.338 e. The van der Waals surface area contributed by atoms with Gasteiger partial charge in [0, 0.05) is 18.9 Å². The molecule has 0 unspecified atom stereocenters. The maximum atomic E-state index is 11.4. The molecule has 2 aromatic rings. The Balaban J connectivity index is 2.11. The molecule has 0 saturated carbocycles. The summed E-state index contributed by atoms with van der Waals surface area (Å²) in [6, 6.07) is 10.4. The highest BCUT2D eigenvalue weighted by atomic mass is 16.5. The molecular weight excluding hydrogens is 258 g/mol. The Kier molecular flexibility index (Phi) is 4.68. The van der Waals surface area contributed by atoms with Gasteiger partial charge in [0.15, 0.2) is 0 Å². The normalized spacial score (nSPS) is 10.1.